The van der Waals surface area contributed by atoms with Gasteiger partial charge in [-0.15, -0.1) is 0 Å². The quantitative estimate of drug-likeness (QED) is 0.790. The van der Waals surface area contributed by atoms with E-state index in [0.29, 0.717) is 5.90 Å². The van der Waals surface area contributed by atoms with Crippen LogP contribution in [0.2, 0.25) is 0 Å². The van der Waals surface area contributed by atoms with Crippen LogP contribution in [0.25, 0.3) is 0 Å². The van der Waals surface area contributed by atoms with Gasteiger partial charge in [-0.25, -0.2) is 9.79 Å². The predicted octanol–water partition coefficient (Wildman–Crippen LogP) is 3.22. The number of carbonyl (C=O) groups is 1. The minimum absolute atomic E-state index is 0.145. The number of rotatable bonds is 2. The number of carbonyl (C=O) groups excluding carboxylic acids is 1. The summed E-state index contributed by atoms with van der Waals surface area (Å²) in [6.45, 7) is 2.06. The first-order valence-electron chi connectivity index (χ1n) is 7.13. The van der Waals surface area contributed by atoms with Gasteiger partial charge in [0.2, 0.25) is 5.90 Å². The van der Waals surface area contributed by atoms with Crippen LogP contribution in [0.3, 0.4) is 0 Å². The minimum Gasteiger partial charge on any atom is -0.405 e. The van der Waals surface area contributed by atoms with E-state index in [1.54, 1.807) is 0 Å². The van der Waals surface area contributed by atoms with Crippen LogP contribution in [0.4, 0.5) is 0 Å². The Balaban J connectivity index is 1.66. The fourth-order valence-corrected chi connectivity index (χ4v) is 2.92. The van der Waals surface area contributed by atoms with Crippen LogP contribution in [-0.2, 0) is 9.53 Å². The highest BCUT2D eigenvalue weighted by atomic mass is 16.6. The van der Waals surface area contributed by atoms with Gasteiger partial charge < -0.3 is 4.74 Å². The summed E-state index contributed by atoms with van der Waals surface area (Å²) in [6, 6.07) is 17.9. The third-order valence-electron chi connectivity index (χ3n) is 4.28. The Morgan fingerprint density at radius 3 is 2.52 bits per heavy atom. The monoisotopic (exact) mass is 277 g/mol. The highest BCUT2D eigenvalue weighted by Crippen LogP contribution is 2.57. The number of benzene rings is 2. The molecule has 0 amide bonds. The molecule has 4 rings (SSSR count). The van der Waals surface area contributed by atoms with Crippen LogP contribution >= 0.6 is 0 Å². The number of aryl methyl sites for hydroxylation is 1. The van der Waals surface area contributed by atoms with E-state index in [-0.39, 0.29) is 11.9 Å². The molecule has 0 radical (unpaired) electrons. The highest BCUT2D eigenvalue weighted by Gasteiger charge is 2.65. The zero-order chi connectivity index (χ0) is 14.4. The Hall–Kier alpha value is -2.42. The predicted molar refractivity (Wildman–Crippen MR) is 80.3 cm³/mol. The van der Waals surface area contributed by atoms with Crippen molar-refractivity contribution >= 4 is 11.9 Å². The van der Waals surface area contributed by atoms with E-state index in [1.165, 1.54) is 5.56 Å². The number of aliphatic imine (C=N–C) groups is 1. The summed E-state index contributed by atoms with van der Waals surface area (Å²) >= 11 is 0. The topological polar surface area (TPSA) is 38.7 Å². The molecule has 3 heteroatoms. The zero-order valence-electron chi connectivity index (χ0n) is 11.7. The van der Waals surface area contributed by atoms with Gasteiger partial charge in [0, 0.05) is 11.5 Å². The van der Waals surface area contributed by atoms with Crippen molar-refractivity contribution in [2.24, 2.45) is 4.99 Å². The average Bonchev–Trinajstić information content (AvgIpc) is 3.14. The smallest absolute Gasteiger partial charge is 0.341 e. The molecule has 1 aliphatic carbocycles. The molecule has 0 aromatic heterocycles. The SMILES string of the molecule is Cc1ccc([C@@H]2C[C@]23N=C(c2ccccc2)OC3=O)cc1. The fraction of sp³-hybridized carbons (Fsp3) is 0.222. The van der Waals surface area contributed by atoms with Gasteiger partial charge in [0.05, 0.1) is 0 Å². The molecule has 0 N–H and O–H groups in total. The maximum atomic E-state index is 12.3. The van der Waals surface area contributed by atoms with Gasteiger partial charge in [0.15, 0.2) is 5.54 Å². The molecule has 1 heterocycles. The van der Waals surface area contributed by atoms with Gasteiger partial charge in [-0.3, -0.25) is 0 Å². The largest absolute Gasteiger partial charge is 0.405 e. The molecule has 3 nitrogen and oxygen atoms in total. The summed E-state index contributed by atoms with van der Waals surface area (Å²) in [7, 11) is 0. The van der Waals surface area contributed by atoms with Gasteiger partial charge in [0.25, 0.3) is 0 Å². The van der Waals surface area contributed by atoms with Gasteiger partial charge in [-0.2, -0.15) is 0 Å². The molecule has 0 unspecified atom stereocenters. The maximum absolute atomic E-state index is 12.3. The Bertz CT molecular complexity index is 734. The normalized spacial score (nSPS) is 26.6. The molecule has 1 spiro atoms. The van der Waals surface area contributed by atoms with E-state index < -0.39 is 5.54 Å². The third-order valence-corrected chi connectivity index (χ3v) is 4.28. The van der Waals surface area contributed by atoms with Crippen LogP contribution in [0.1, 0.15) is 29.0 Å². The van der Waals surface area contributed by atoms with Gasteiger partial charge >= 0.3 is 5.97 Å². The first-order chi connectivity index (χ1) is 10.2. The molecular weight excluding hydrogens is 262 g/mol. The highest BCUT2D eigenvalue weighted by molar-refractivity contribution is 6.09. The number of nitrogens with zero attached hydrogens (tertiary/aromatic N) is 1. The molecule has 1 fully saturated rings. The van der Waals surface area contributed by atoms with Crippen LogP contribution in [0, 0.1) is 6.92 Å². The Labute approximate surface area is 123 Å². The average molecular weight is 277 g/mol. The molecule has 2 aromatic rings. The first-order valence-corrected chi connectivity index (χ1v) is 7.13. The van der Waals surface area contributed by atoms with E-state index in [4.69, 9.17) is 4.74 Å². The number of ether oxygens (including phenoxy) is 1. The lowest BCUT2D eigenvalue weighted by molar-refractivity contribution is -0.136. The van der Waals surface area contributed by atoms with E-state index in [0.717, 1.165) is 17.5 Å². The van der Waals surface area contributed by atoms with Gasteiger partial charge in [-0.05, 0) is 31.0 Å². The van der Waals surface area contributed by atoms with Crippen molar-refractivity contribution in [1.29, 1.82) is 0 Å². The molecule has 2 aromatic carbocycles. The third kappa shape index (κ3) is 1.88. The molecule has 1 saturated carbocycles. The van der Waals surface area contributed by atoms with E-state index in [9.17, 15) is 4.79 Å². The summed E-state index contributed by atoms with van der Waals surface area (Å²) in [5.41, 5.74) is 2.56. The molecule has 1 aliphatic heterocycles. The van der Waals surface area contributed by atoms with Crippen molar-refractivity contribution in [3.05, 3.63) is 71.3 Å². The minimum atomic E-state index is -0.680. The molecule has 0 saturated heterocycles. The standard InChI is InChI=1S/C18H15NO2/c1-12-7-9-13(10-8-12)15-11-18(15)17(20)21-16(19-18)14-5-3-2-4-6-14/h2-10,15H,11H2,1H3/t15-,18-/m0/s1. The fourth-order valence-electron chi connectivity index (χ4n) is 2.92. The Kier molecular flexibility index (Phi) is 2.52. The van der Waals surface area contributed by atoms with Crippen LogP contribution in [-0.4, -0.2) is 17.4 Å². The van der Waals surface area contributed by atoms with Crippen molar-refractivity contribution in [2.45, 2.75) is 24.8 Å². The van der Waals surface area contributed by atoms with Crippen LogP contribution in [0.5, 0.6) is 0 Å². The summed E-state index contributed by atoms with van der Waals surface area (Å²) < 4.78 is 5.41. The van der Waals surface area contributed by atoms with Gasteiger partial charge in [-0.1, -0.05) is 48.0 Å². The second kappa shape index (κ2) is 4.29. The zero-order valence-corrected chi connectivity index (χ0v) is 11.7. The summed E-state index contributed by atoms with van der Waals surface area (Å²) in [4.78, 5) is 16.9. The number of hydrogen-bond acceptors (Lipinski definition) is 3. The molecule has 21 heavy (non-hydrogen) atoms. The van der Waals surface area contributed by atoms with Crippen molar-refractivity contribution in [3.63, 3.8) is 0 Å². The summed E-state index contributed by atoms with van der Waals surface area (Å²) in [6.07, 6.45) is 0.741. The molecular formula is C18H15NO2. The molecule has 2 atom stereocenters. The molecule has 0 bridgehead atoms. The Morgan fingerprint density at radius 2 is 1.81 bits per heavy atom. The van der Waals surface area contributed by atoms with E-state index in [2.05, 4.69) is 36.2 Å². The number of cyclic esters (lactones) is 1. The maximum Gasteiger partial charge on any atom is 0.341 e. The second-order valence-corrected chi connectivity index (χ2v) is 5.76. The molecule has 2 aliphatic rings. The van der Waals surface area contributed by atoms with Crippen molar-refractivity contribution in [2.75, 3.05) is 0 Å². The first kappa shape index (κ1) is 12.3. The van der Waals surface area contributed by atoms with E-state index in [1.807, 2.05) is 30.3 Å². The lowest BCUT2D eigenvalue weighted by Crippen LogP contribution is -2.18. The van der Waals surface area contributed by atoms with Crippen molar-refractivity contribution in [1.82, 2.24) is 0 Å². The van der Waals surface area contributed by atoms with Crippen molar-refractivity contribution in [3.8, 4) is 0 Å². The molecule has 104 valence electrons. The van der Waals surface area contributed by atoms with Gasteiger partial charge in [0.1, 0.15) is 0 Å². The van der Waals surface area contributed by atoms with Crippen LogP contribution < -0.4 is 0 Å². The Morgan fingerprint density at radius 1 is 1.10 bits per heavy atom. The second-order valence-electron chi connectivity index (χ2n) is 5.76. The lowest BCUT2D eigenvalue weighted by Gasteiger charge is -2.03. The van der Waals surface area contributed by atoms with Crippen molar-refractivity contribution < 1.29 is 9.53 Å². The number of hydrogen-bond donors (Lipinski definition) is 0. The van der Waals surface area contributed by atoms with Crippen LogP contribution in [0.15, 0.2) is 59.6 Å². The lowest BCUT2D eigenvalue weighted by atomic mass is 10.1. The summed E-state index contributed by atoms with van der Waals surface area (Å²) in [5.74, 6) is 0.383. The summed E-state index contributed by atoms with van der Waals surface area (Å²) in [5, 5.41) is 0. The number of esters is 1. The van der Waals surface area contributed by atoms with E-state index >= 15 is 0 Å².